The number of amides is 2. The molecule has 7 nitrogen and oxygen atoms in total. The number of aromatic hydroxyl groups is 1. The molecule has 0 aliphatic heterocycles. The minimum atomic E-state index is -0.399. The van der Waals surface area contributed by atoms with Crippen LogP contribution in [0, 0.1) is 6.92 Å². The number of benzene rings is 1. The van der Waals surface area contributed by atoms with E-state index in [9.17, 15) is 9.90 Å². The zero-order chi connectivity index (χ0) is 17.8. The average molecular weight is 337 g/mol. The summed E-state index contributed by atoms with van der Waals surface area (Å²) >= 11 is 0. The Hall–Kier alpha value is -3.35. The summed E-state index contributed by atoms with van der Waals surface area (Å²) in [4.78, 5) is 20.1. The Morgan fingerprint density at radius 3 is 2.48 bits per heavy atom. The summed E-state index contributed by atoms with van der Waals surface area (Å²) in [6.07, 6.45) is 5.00. The summed E-state index contributed by atoms with van der Waals surface area (Å²) in [5.74, 6) is 1.36. The number of pyridine rings is 1. The molecule has 2 aromatic heterocycles. The first-order chi connectivity index (χ1) is 12.0. The Morgan fingerprint density at radius 2 is 1.88 bits per heavy atom. The molecule has 2 heterocycles. The summed E-state index contributed by atoms with van der Waals surface area (Å²) in [6, 6.07) is 10.4. The van der Waals surface area contributed by atoms with Crippen LogP contribution in [0.4, 0.5) is 16.3 Å². The minimum absolute atomic E-state index is 0.0452. The zero-order valence-electron chi connectivity index (χ0n) is 14.0. The maximum Gasteiger partial charge on any atom is 0.324 e. The fourth-order valence-corrected chi connectivity index (χ4v) is 2.54. The quantitative estimate of drug-likeness (QED) is 0.679. The molecule has 1 aromatic carbocycles. The monoisotopic (exact) mass is 337 g/mol. The number of anilines is 2. The first kappa shape index (κ1) is 16.5. The number of imidazole rings is 1. The number of aromatic nitrogens is 3. The lowest BCUT2D eigenvalue weighted by atomic mass is 10.1. The molecule has 0 radical (unpaired) electrons. The van der Waals surface area contributed by atoms with E-state index in [1.807, 2.05) is 37.4 Å². The van der Waals surface area contributed by atoms with Crippen molar-refractivity contribution in [2.24, 2.45) is 0 Å². The predicted octanol–water partition coefficient (Wildman–Crippen LogP) is 3.55. The zero-order valence-corrected chi connectivity index (χ0v) is 14.0. The highest BCUT2D eigenvalue weighted by Crippen LogP contribution is 2.21. The Labute approximate surface area is 145 Å². The fourth-order valence-electron chi connectivity index (χ4n) is 2.54. The number of urea groups is 1. The van der Waals surface area contributed by atoms with Crippen LogP contribution >= 0.6 is 0 Å². The lowest BCUT2D eigenvalue weighted by Gasteiger charge is -2.16. The van der Waals surface area contributed by atoms with Crippen molar-refractivity contribution in [3.63, 3.8) is 0 Å². The van der Waals surface area contributed by atoms with Crippen LogP contribution in [0.1, 0.15) is 24.4 Å². The number of nitrogens with one attached hydrogen (secondary N) is 2. The van der Waals surface area contributed by atoms with E-state index in [0.717, 1.165) is 11.4 Å². The third kappa shape index (κ3) is 3.95. The Kier molecular flexibility index (Phi) is 4.65. The van der Waals surface area contributed by atoms with Crippen LogP contribution in [0.15, 0.2) is 55.0 Å². The van der Waals surface area contributed by atoms with Crippen LogP contribution in [-0.2, 0) is 0 Å². The normalized spacial score (nSPS) is 11.8. The summed E-state index contributed by atoms with van der Waals surface area (Å²) < 4.78 is 2.09. The maximum atomic E-state index is 12.0. The number of hydrogen-bond donors (Lipinski definition) is 3. The smallest absolute Gasteiger partial charge is 0.324 e. The molecule has 0 spiro atoms. The summed E-state index contributed by atoms with van der Waals surface area (Å²) in [5.41, 5.74) is 1.79. The van der Waals surface area contributed by atoms with Gasteiger partial charge in [-0.1, -0.05) is 12.1 Å². The van der Waals surface area contributed by atoms with Crippen molar-refractivity contribution in [1.82, 2.24) is 14.5 Å². The van der Waals surface area contributed by atoms with E-state index < -0.39 is 6.03 Å². The second kappa shape index (κ2) is 7.04. The number of aryl methyl sites for hydroxylation is 1. The van der Waals surface area contributed by atoms with Crippen molar-refractivity contribution >= 4 is 17.5 Å². The van der Waals surface area contributed by atoms with Gasteiger partial charge in [-0.05, 0) is 43.7 Å². The topological polar surface area (TPSA) is 92.1 Å². The van der Waals surface area contributed by atoms with Gasteiger partial charge in [-0.15, -0.1) is 0 Å². The van der Waals surface area contributed by atoms with E-state index in [0.29, 0.717) is 11.5 Å². The van der Waals surface area contributed by atoms with Gasteiger partial charge in [-0.25, -0.2) is 14.8 Å². The van der Waals surface area contributed by atoms with Gasteiger partial charge in [0, 0.05) is 18.1 Å². The van der Waals surface area contributed by atoms with Crippen molar-refractivity contribution in [1.29, 1.82) is 0 Å². The van der Waals surface area contributed by atoms with Crippen LogP contribution in [0.25, 0.3) is 0 Å². The van der Waals surface area contributed by atoms with Crippen LogP contribution in [0.3, 0.4) is 0 Å². The fraction of sp³-hybridized carbons (Fsp3) is 0.167. The van der Waals surface area contributed by atoms with Crippen molar-refractivity contribution in [2.45, 2.75) is 19.9 Å². The number of hydrogen-bond acceptors (Lipinski definition) is 4. The van der Waals surface area contributed by atoms with Crippen LogP contribution in [-0.4, -0.2) is 25.7 Å². The molecule has 0 saturated carbocycles. The molecular weight excluding hydrogens is 318 g/mol. The van der Waals surface area contributed by atoms with Crippen molar-refractivity contribution < 1.29 is 9.90 Å². The van der Waals surface area contributed by atoms with Crippen LogP contribution in [0.2, 0.25) is 0 Å². The molecule has 1 unspecified atom stereocenters. The van der Waals surface area contributed by atoms with E-state index in [4.69, 9.17) is 0 Å². The van der Waals surface area contributed by atoms with Gasteiger partial charge in [0.2, 0.25) is 0 Å². The van der Waals surface area contributed by atoms with Crippen molar-refractivity contribution in [3.05, 3.63) is 66.4 Å². The van der Waals surface area contributed by atoms with Gasteiger partial charge in [0.25, 0.3) is 0 Å². The molecule has 128 valence electrons. The lowest BCUT2D eigenvalue weighted by Crippen LogP contribution is -2.20. The first-order valence-corrected chi connectivity index (χ1v) is 7.85. The average Bonchev–Trinajstić information content (AvgIpc) is 3.03. The standard InChI is InChI=1S/C18H19N5O2/c1-12(23-10-9-19-13(23)2)14-3-5-15(6-4-14)21-18(25)22-17-8-7-16(24)11-20-17/h3-12,24H,1-2H3,(H2,20,21,22,25). The molecule has 1 atom stereocenters. The molecule has 0 saturated heterocycles. The minimum Gasteiger partial charge on any atom is -0.506 e. The lowest BCUT2D eigenvalue weighted by molar-refractivity contribution is 0.262. The van der Waals surface area contributed by atoms with Crippen LogP contribution in [0.5, 0.6) is 5.75 Å². The second-order valence-electron chi connectivity index (χ2n) is 5.66. The van der Waals surface area contributed by atoms with Gasteiger partial charge >= 0.3 is 6.03 Å². The highest BCUT2D eigenvalue weighted by Gasteiger charge is 2.10. The maximum absolute atomic E-state index is 12.0. The predicted molar refractivity (Wildman–Crippen MR) is 95.8 cm³/mol. The first-order valence-electron chi connectivity index (χ1n) is 7.85. The Balaban J connectivity index is 1.63. The third-order valence-corrected chi connectivity index (χ3v) is 3.92. The van der Waals surface area contributed by atoms with E-state index in [1.165, 1.54) is 18.3 Å². The summed E-state index contributed by atoms with van der Waals surface area (Å²) in [7, 11) is 0. The molecule has 3 N–H and O–H groups in total. The number of carbonyl (C=O) groups excluding carboxylic acids is 1. The van der Waals surface area contributed by atoms with E-state index >= 15 is 0 Å². The largest absolute Gasteiger partial charge is 0.506 e. The molecule has 3 aromatic rings. The Bertz CT molecular complexity index is 856. The molecule has 0 fully saturated rings. The molecule has 7 heteroatoms. The van der Waals surface area contributed by atoms with Crippen molar-refractivity contribution in [3.8, 4) is 5.75 Å². The second-order valence-corrected chi connectivity index (χ2v) is 5.66. The molecular formula is C18H19N5O2. The van der Waals surface area contributed by atoms with Gasteiger partial charge in [-0.2, -0.15) is 0 Å². The van der Waals surface area contributed by atoms with Crippen LogP contribution < -0.4 is 10.6 Å². The molecule has 0 aliphatic carbocycles. The highest BCUT2D eigenvalue weighted by atomic mass is 16.3. The molecule has 0 bridgehead atoms. The number of nitrogens with zero attached hydrogens (tertiary/aromatic N) is 3. The molecule has 3 rings (SSSR count). The molecule has 0 aliphatic rings. The van der Waals surface area contributed by atoms with Gasteiger partial charge in [0.15, 0.2) is 0 Å². The van der Waals surface area contributed by atoms with E-state index in [2.05, 4.69) is 32.1 Å². The molecule has 2 amide bonds. The van der Waals surface area contributed by atoms with Crippen molar-refractivity contribution in [2.75, 3.05) is 10.6 Å². The summed E-state index contributed by atoms with van der Waals surface area (Å²) in [5, 5.41) is 14.5. The van der Waals surface area contributed by atoms with Gasteiger partial charge < -0.3 is 15.0 Å². The van der Waals surface area contributed by atoms with Gasteiger partial charge in [-0.3, -0.25) is 5.32 Å². The Morgan fingerprint density at radius 1 is 1.12 bits per heavy atom. The van der Waals surface area contributed by atoms with E-state index in [-0.39, 0.29) is 11.8 Å². The van der Waals surface area contributed by atoms with Gasteiger partial charge in [0.05, 0.1) is 12.2 Å². The van der Waals surface area contributed by atoms with Gasteiger partial charge in [0.1, 0.15) is 17.4 Å². The molecule has 25 heavy (non-hydrogen) atoms. The number of rotatable bonds is 4. The highest BCUT2D eigenvalue weighted by molar-refractivity contribution is 5.99. The van der Waals surface area contributed by atoms with E-state index in [1.54, 1.807) is 6.20 Å². The third-order valence-electron chi connectivity index (χ3n) is 3.92. The summed E-state index contributed by atoms with van der Waals surface area (Å²) in [6.45, 7) is 4.06. The SMILES string of the molecule is Cc1nccn1C(C)c1ccc(NC(=O)Nc2ccc(O)cn2)cc1. The number of carbonyl (C=O) groups is 1.